The van der Waals surface area contributed by atoms with Crippen molar-refractivity contribution in [3.63, 3.8) is 0 Å². The quantitative estimate of drug-likeness (QED) is 0.803. The third kappa shape index (κ3) is 3.64. The number of halogens is 5. The lowest BCUT2D eigenvalue weighted by molar-refractivity contribution is -0.137. The summed E-state index contributed by atoms with van der Waals surface area (Å²) in [7, 11) is 0. The number of rotatable bonds is 2. The molecule has 0 atom stereocenters. The van der Waals surface area contributed by atoms with Crippen LogP contribution in [0.15, 0.2) is 36.4 Å². The third-order valence-corrected chi connectivity index (χ3v) is 3.30. The number of hydrogen-bond donors (Lipinski definition) is 2. The second-order valence-corrected chi connectivity index (χ2v) is 5.15. The summed E-state index contributed by atoms with van der Waals surface area (Å²) in [5.41, 5.74) is -1.07. The van der Waals surface area contributed by atoms with Crippen molar-refractivity contribution < 1.29 is 23.1 Å². The van der Waals surface area contributed by atoms with Gasteiger partial charge < -0.3 is 10.4 Å². The summed E-state index contributed by atoms with van der Waals surface area (Å²) in [5.74, 6) is -1.06. The predicted molar refractivity (Wildman–Crippen MR) is 77.5 cm³/mol. The number of amides is 1. The molecule has 0 saturated heterocycles. The molecule has 0 spiro atoms. The number of hydrogen-bond acceptors (Lipinski definition) is 2. The second kappa shape index (κ2) is 6.06. The molecule has 116 valence electrons. The summed E-state index contributed by atoms with van der Waals surface area (Å²) < 4.78 is 37.6. The van der Waals surface area contributed by atoms with E-state index < -0.39 is 17.6 Å². The van der Waals surface area contributed by atoms with Crippen LogP contribution in [0.3, 0.4) is 0 Å². The van der Waals surface area contributed by atoms with E-state index in [-0.39, 0.29) is 27.0 Å². The van der Waals surface area contributed by atoms with Gasteiger partial charge in [-0.05, 0) is 36.4 Å². The van der Waals surface area contributed by atoms with Crippen LogP contribution in [0, 0.1) is 0 Å². The number of carbonyl (C=O) groups is 1. The Balaban J connectivity index is 2.27. The highest BCUT2D eigenvalue weighted by atomic mass is 35.5. The lowest BCUT2D eigenvalue weighted by Gasteiger charge is -2.11. The second-order valence-electron chi connectivity index (χ2n) is 4.31. The number of nitrogens with one attached hydrogen (secondary N) is 1. The predicted octanol–water partition coefficient (Wildman–Crippen LogP) is 4.97. The molecule has 0 radical (unpaired) electrons. The van der Waals surface area contributed by atoms with Crippen LogP contribution in [-0.2, 0) is 6.18 Å². The van der Waals surface area contributed by atoms with E-state index in [1.54, 1.807) is 0 Å². The Morgan fingerprint density at radius 3 is 2.36 bits per heavy atom. The first kappa shape index (κ1) is 16.5. The maximum atomic E-state index is 12.5. The molecule has 22 heavy (non-hydrogen) atoms. The van der Waals surface area contributed by atoms with Crippen molar-refractivity contribution in [1.29, 1.82) is 0 Å². The van der Waals surface area contributed by atoms with Gasteiger partial charge in [0.25, 0.3) is 5.91 Å². The van der Waals surface area contributed by atoms with Crippen molar-refractivity contribution in [3.8, 4) is 5.75 Å². The highest BCUT2D eigenvalue weighted by molar-refractivity contribution is 6.34. The van der Waals surface area contributed by atoms with Gasteiger partial charge in [-0.3, -0.25) is 4.79 Å². The highest BCUT2D eigenvalue weighted by Gasteiger charge is 2.31. The van der Waals surface area contributed by atoms with E-state index in [9.17, 15) is 23.1 Å². The molecular weight excluding hydrogens is 342 g/mol. The summed E-state index contributed by atoms with van der Waals surface area (Å²) in [6.07, 6.45) is -4.53. The van der Waals surface area contributed by atoms with E-state index in [2.05, 4.69) is 5.32 Å². The zero-order valence-electron chi connectivity index (χ0n) is 10.7. The molecule has 0 heterocycles. The largest absolute Gasteiger partial charge is 0.507 e. The van der Waals surface area contributed by atoms with Gasteiger partial charge in [-0.1, -0.05) is 23.2 Å². The average Bonchev–Trinajstić information content (AvgIpc) is 2.42. The van der Waals surface area contributed by atoms with E-state index in [1.165, 1.54) is 18.2 Å². The molecule has 0 saturated carbocycles. The van der Waals surface area contributed by atoms with Crippen LogP contribution >= 0.6 is 23.2 Å². The first-order chi connectivity index (χ1) is 10.2. The number of anilines is 1. The van der Waals surface area contributed by atoms with Crippen LogP contribution in [0.4, 0.5) is 18.9 Å². The van der Waals surface area contributed by atoms with Gasteiger partial charge in [0.1, 0.15) is 5.75 Å². The lowest BCUT2D eigenvalue weighted by atomic mass is 10.1. The number of aromatic hydroxyl groups is 1. The lowest BCUT2D eigenvalue weighted by Crippen LogP contribution is -2.13. The van der Waals surface area contributed by atoms with Gasteiger partial charge in [0.05, 0.1) is 21.8 Å². The molecule has 2 N–H and O–H groups in total. The number of benzene rings is 2. The molecule has 2 aromatic carbocycles. The molecule has 0 aliphatic heterocycles. The van der Waals surface area contributed by atoms with Gasteiger partial charge >= 0.3 is 6.18 Å². The van der Waals surface area contributed by atoms with Gasteiger partial charge in [-0.25, -0.2) is 0 Å². The van der Waals surface area contributed by atoms with Gasteiger partial charge in [0.15, 0.2) is 0 Å². The van der Waals surface area contributed by atoms with Gasteiger partial charge in [0.2, 0.25) is 0 Å². The Kier molecular flexibility index (Phi) is 4.53. The van der Waals surface area contributed by atoms with E-state index >= 15 is 0 Å². The molecule has 0 aliphatic rings. The van der Waals surface area contributed by atoms with E-state index in [0.717, 1.165) is 12.1 Å². The van der Waals surface area contributed by atoms with Crippen LogP contribution in [0.2, 0.25) is 10.0 Å². The average molecular weight is 350 g/mol. The third-order valence-electron chi connectivity index (χ3n) is 2.75. The van der Waals surface area contributed by atoms with Gasteiger partial charge in [-0.15, -0.1) is 0 Å². The molecular formula is C14H8Cl2F3NO2. The minimum atomic E-state index is -4.53. The maximum Gasteiger partial charge on any atom is 0.416 e. The Bertz CT molecular complexity index is 733. The molecule has 0 bridgehead atoms. The minimum absolute atomic E-state index is 0.0148. The van der Waals surface area contributed by atoms with E-state index in [1.807, 2.05) is 0 Å². The Labute approximate surface area is 133 Å². The maximum absolute atomic E-state index is 12.5. The first-order valence-corrected chi connectivity index (χ1v) is 6.60. The minimum Gasteiger partial charge on any atom is -0.507 e. The number of phenolic OH excluding ortho intramolecular Hbond substituents is 1. The van der Waals surface area contributed by atoms with Crippen LogP contribution < -0.4 is 5.32 Å². The number of phenols is 1. The molecule has 0 aliphatic carbocycles. The van der Waals surface area contributed by atoms with Crippen molar-refractivity contribution in [1.82, 2.24) is 0 Å². The fourth-order valence-electron chi connectivity index (χ4n) is 1.67. The summed E-state index contributed by atoms with van der Waals surface area (Å²) >= 11 is 11.5. The Morgan fingerprint density at radius 2 is 1.77 bits per heavy atom. The molecule has 0 fully saturated rings. The standard InChI is InChI=1S/C14H8Cl2F3NO2/c15-8-2-4-12(21)9(6-8)13(22)20-11-3-1-7(5-10(11)16)14(17,18)19/h1-6,21H,(H,20,22). The van der Waals surface area contributed by atoms with E-state index in [4.69, 9.17) is 23.2 Å². The first-order valence-electron chi connectivity index (χ1n) is 5.85. The molecule has 2 aromatic rings. The number of alkyl halides is 3. The normalized spacial score (nSPS) is 11.3. The van der Waals surface area contributed by atoms with Crippen molar-refractivity contribution in [2.24, 2.45) is 0 Å². The molecule has 1 amide bonds. The summed E-state index contributed by atoms with van der Waals surface area (Å²) in [6.45, 7) is 0. The van der Waals surface area contributed by atoms with E-state index in [0.29, 0.717) is 6.07 Å². The summed E-state index contributed by atoms with van der Waals surface area (Å²) in [4.78, 5) is 12.0. The molecule has 2 rings (SSSR count). The highest BCUT2D eigenvalue weighted by Crippen LogP contribution is 2.34. The van der Waals surface area contributed by atoms with Crippen molar-refractivity contribution in [2.75, 3.05) is 5.32 Å². The molecule has 0 aromatic heterocycles. The van der Waals surface area contributed by atoms with Gasteiger partial charge in [-0.2, -0.15) is 13.2 Å². The molecule has 0 unspecified atom stereocenters. The van der Waals surface area contributed by atoms with Crippen molar-refractivity contribution >= 4 is 34.8 Å². The summed E-state index contributed by atoms with van der Waals surface area (Å²) in [5, 5.41) is 11.9. The summed E-state index contributed by atoms with van der Waals surface area (Å²) in [6, 6.07) is 6.37. The topological polar surface area (TPSA) is 49.3 Å². The fraction of sp³-hybridized carbons (Fsp3) is 0.0714. The van der Waals surface area contributed by atoms with Crippen LogP contribution in [0.25, 0.3) is 0 Å². The van der Waals surface area contributed by atoms with Gasteiger partial charge in [0, 0.05) is 5.02 Å². The number of carbonyl (C=O) groups excluding carboxylic acids is 1. The van der Waals surface area contributed by atoms with Crippen LogP contribution in [0.1, 0.15) is 15.9 Å². The molecule has 8 heteroatoms. The van der Waals surface area contributed by atoms with Crippen molar-refractivity contribution in [3.05, 3.63) is 57.6 Å². The Hall–Kier alpha value is -1.92. The zero-order valence-corrected chi connectivity index (χ0v) is 12.2. The van der Waals surface area contributed by atoms with Crippen LogP contribution in [-0.4, -0.2) is 11.0 Å². The monoisotopic (exact) mass is 349 g/mol. The smallest absolute Gasteiger partial charge is 0.416 e. The Morgan fingerprint density at radius 1 is 1.09 bits per heavy atom. The van der Waals surface area contributed by atoms with Crippen LogP contribution in [0.5, 0.6) is 5.75 Å². The zero-order chi connectivity index (χ0) is 16.5. The SMILES string of the molecule is O=C(Nc1ccc(C(F)(F)F)cc1Cl)c1cc(Cl)ccc1O. The molecule has 3 nitrogen and oxygen atoms in total. The fourth-order valence-corrected chi connectivity index (χ4v) is 2.07. The van der Waals surface area contributed by atoms with Crippen molar-refractivity contribution in [2.45, 2.75) is 6.18 Å².